The molecule has 1 rings (SSSR count). The van der Waals surface area contributed by atoms with E-state index in [1.54, 1.807) is 20.8 Å². The van der Waals surface area contributed by atoms with Crippen LogP contribution in [0.2, 0.25) is 0 Å². The molecule has 0 radical (unpaired) electrons. The summed E-state index contributed by atoms with van der Waals surface area (Å²) in [5, 5.41) is 8.78. The maximum atomic E-state index is 11.3. The minimum Gasteiger partial charge on any atom is -0.443 e. The summed E-state index contributed by atoms with van der Waals surface area (Å²) in [6, 6.07) is 0. The first kappa shape index (κ1) is 13.2. The molecule has 1 amide bonds. The van der Waals surface area contributed by atoms with Gasteiger partial charge in [-0.1, -0.05) is 0 Å². The summed E-state index contributed by atoms with van der Waals surface area (Å²) in [6.07, 6.45) is 2.28. The molecule has 0 unspecified atom stereocenters. The van der Waals surface area contributed by atoms with E-state index in [1.807, 2.05) is 0 Å². The minimum absolute atomic E-state index is 0.125. The smallest absolute Gasteiger partial charge is 0.426 e. The van der Waals surface area contributed by atoms with Gasteiger partial charge in [0, 0.05) is 18.0 Å². The van der Waals surface area contributed by atoms with Crippen LogP contribution in [0.15, 0.2) is 12.4 Å². The third kappa shape index (κ3) is 5.12. The molecule has 0 aliphatic heterocycles. The Kier molecular flexibility index (Phi) is 4.22. The van der Waals surface area contributed by atoms with Crippen molar-refractivity contribution >= 4 is 12.0 Å². The molecule has 0 spiro atoms. The Hall–Kier alpha value is -1.89. The second-order valence-electron chi connectivity index (χ2n) is 4.32. The highest BCUT2D eigenvalue weighted by Crippen LogP contribution is 2.06. The monoisotopic (exact) mass is 240 g/mol. The normalized spacial score (nSPS) is 10.8. The molecular formula is C10H16N4O3. The van der Waals surface area contributed by atoms with E-state index in [-0.39, 0.29) is 12.6 Å². The lowest BCUT2D eigenvalue weighted by Crippen LogP contribution is -2.36. The molecule has 7 nitrogen and oxygen atoms in total. The van der Waals surface area contributed by atoms with E-state index in [9.17, 15) is 4.79 Å². The summed E-state index contributed by atoms with van der Waals surface area (Å²) in [5.41, 5.74) is 4.81. The Bertz CT molecular complexity index is 372. The van der Waals surface area contributed by atoms with Crippen molar-refractivity contribution in [3.8, 4) is 0 Å². The number of aliphatic hydroxyl groups excluding tert-OH is 1. The van der Waals surface area contributed by atoms with Crippen molar-refractivity contribution in [2.24, 2.45) is 0 Å². The van der Waals surface area contributed by atoms with Gasteiger partial charge in [-0.25, -0.2) is 20.2 Å². The third-order valence-electron chi connectivity index (χ3n) is 1.56. The first-order chi connectivity index (χ1) is 7.90. The van der Waals surface area contributed by atoms with Crippen molar-refractivity contribution in [3.05, 3.63) is 18.0 Å². The van der Waals surface area contributed by atoms with Crippen LogP contribution in [0.5, 0.6) is 0 Å². The molecule has 0 saturated carbocycles. The van der Waals surface area contributed by atoms with Crippen molar-refractivity contribution in [1.82, 2.24) is 15.4 Å². The number of carbonyl (C=O) groups excluding carboxylic acids is 1. The molecule has 17 heavy (non-hydrogen) atoms. The van der Waals surface area contributed by atoms with Crippen LogP contribution >= 0.6 is 0 Å². The van der Waals surface area contributed by atoms with Crippen molar-refractivity contribution < 1.29 is 14.6 Å². The lowest BCUT2D eigenvalue weighted by molar-refractivity contribution is 0.0540. The van der Waals surface area contributed by atoms with Crippen LogP contribution < -0.4 is 10.9 Å². The standard InChI is InChI=1S/C10H16N4O3/c1-10(2,3)17-9(16)14-13-8-11-4-7(6-15)5-12-8/h4-5,15H,6H2,1-3H3,(H,14,16)(H,11,12,13). The molecule has 0 aliphatic rings. The number of anilines is 1. The van der Waals surface area contributed by atoms with Gasteiger partial charge in [-0.3, -0.25) is 5.43 Å². The van der Waals surface area contributed by atoms with Gasteiger partial charge in [0.1, 0.15) is 5.60 Å². The van der Waals surface area contributed by atoms with E-state index in [0.29, 0.717) is 5.56 Å². The number of ether oxygens (including phenoxy) is 1. The zero-order valence-corrected chi connectivity index (χ0v) is 10.0. The summed E-state index contributed by atoms with van der Waals surface area (Å²) in [6.45, 7) is 5.16. The fourth-order valence-corrected chi connectivity index (χ4v) is 0.912. The Morgan fingerprint density at radius 2 is 2.00 bits per heavy atom. The first-order valence-corrected chi connectivity index (χ1v) is 5.07. The quantitative estimate of drug-likeness (QED) is 0.677. The van der Waals surface area contributed by atoms with Gasteiger partial charge in [-0.15, -0.1) is 0 Å². The Morgan fingerprint density at radius 1 is 1.41 bits per heavy atom. The number of aliphatic hydroxyl groups is 1. The number of nitrogens with one attached hydrogen (secondary N) is 2. The predicted octanol–water partition coefficient (Wildman–Crippen LogP) is 0.821. The number of aromatic nitrogens is 2. The second-order valence-corrected chi connectivity index (χ2v) is 4.32. The Morgan fingerprint density at radius 3 is 2.47 bits per heavy atom. The largest absolute Gasteiger partial charge is 0.443 e. The van der Waals surface area contributed by atoms with Crippen LogP contribution in [0.4, 0.5) is 10.7 Å². The number of hydrazine groups is 1. The van der Waals surface area contributed by atoms with Gasteiger partial charge in [-0.05, 0) is 20.8 Å². The molecule has 0 bridgehead atoms. The molecule has 0 aliphatic carbocycles. The van der Waals surface area contributed by atoms with E-state index >= 15 is 0 Å². The average molecular weight is 240 g/mol. The molecule has 3 N–H and O–H groups in total. The summed E-state index contributed by atoms with van der Waals surface area (Å²) in [7, 11) is 0. The number of hydrogen-bond donors (Lipinski definition) is 3. The van der Waals surface area contributed by atoms with Gasteiger partial charge in [0.15, 0.2) is 0 Å². The SMILES string of the molecule is CC(C)(C)OC(=O)NNc1ncc(CO)cn1. The van der Waals surface area contributed by atoms with E-state index in [2.05, 4.69) is 20.8 Å². The van der Waals surface area contributed by atoms with Crippen LogP contribution in [0.25, 0.3) is 0 Å². The summed E-state index contributed by atoms with van der Waals surface area (Å²) in [5.74, 6) is 0.216. The van der Waals surface area contributed by atoms with E-state index in [0.717, 1.165) is 0 Å². The predicted molar refractivity (Wildman–Crippen MR) is 60.9 cm³/mol. The van der Waals surface area contributed by atoms with Crippen molar-refractivity contribution in [2.75, 3.05) is 5.43 Å². The number of hydrogen-bond acceptors (Lipinski definition) is 6. The van der Waals surface area contributed by atoms with Gasteiger partial charge >= 0.3 is 6.09 Å². The van der Waals surface area contributed by atoms with Crippen LogP contribution in [-0.2, 0) is 11.3 Å². The van der Waals surface area contributed by atoms with Crippen LogP contribution in [0.1, 0.15) is 26.3 Å². The molecule has 1 aromatic heterocycles. The van der Waals surface area contributed by atoms with Crippen LogP contribution in [0, 0.1) is 0 Å². The third-order valence-corrected chi connectivity index (χ3v) is 1.56. The van der Waals surface area contributed by atoms with Crippen LogP contribution in [-0.4, -0.2) is 26.8 Å². The Labute approximate surface area is 99.2 Å². The topological polar surface area (TPSA) is 96.4 Å². The molecule has 0 saturated heterocycles. The minimum atomic E-state index is -0.618. The maximum absolute atomic E-state index is 11.3. The summed E-state index contributed by atoms with van der Waals surface area (Å²) >= 11 is 0. The van der Waals surface area contributed by atoms with E-state index in [1.165, 1.54) is 12.4 Å². The highest BCUT2D eigenvalue weighted by Gasteiger charge is 2.15. The second kappa shape index (κ2) is 5.44. The highest BCUT2D eigenvalue weighted by atomic mass is 16.6. The van der Waals surface area contributed by atoms with E-state index < -0.39 is 11.7 Å². The lowest BCUT2D eigenvalue weighted by atomic mass is 10.2. The average Bonchev–Trinajstić information content (AvgIpc) is 2.25. The van der Waals surface area contributed by atoms with Crippen molar-refractivity contribution in [1.29, 1.82) is 0 Å². The fourth-order valence-electron chi connectivity index (χ4n) is 0.912. The lowest BCUT2D eigenvalue weighted by Gasteiger charge is -2.19. The molecule has 0 fully saturated rings. The molecular weight excluding hydrogens is 224 g/mol. The van der Waals surface area contributed by atoms with Crippen LogP contribution in [0.3, 0.4) is 0 Å². The molecule has 7 heteroatoms. The molecule has 1 heterocycles. The number of nitrogens with zero attached hydrogens (tertiary/aromatic N) is 2. The number of carbonyl (C=O) groups is 1. The van der Waals surface area contributed by atoms with Gasteiger partial charge in [0.05, 0.1) is 6.61 Å². The van der Waals surface area contributed by atoms with Crippen molar-refractivity contribution in [2.45, 2.75) is 33.0 Å². The number of amides is 1. The van der Waals surface area contributed by atoms with E-state index in [4.69, 9.17) is 9.84 Å². The van der Waals surface area contributed by atoms with Gasteiger partial charge < -0.3 is 9.84 Å². The maximum Gasteiger partial charge on any atom is 0.426 e. The zero-order chi connectivity index (χ0) is 12.9. The van der Waals surface area contributed by atoms with Gasteiger partial charge in [-0.2, -0.15) is 0 Å². The fraction of sp³-hybridized carbons (Fsp3) is 0.500. The number of rotatable bonds is 3. The molecule has 1 aromatic rings. The molecule has 94 valence electrons. The molecule has 0 aromatic carbocycles. The first-order valence-electron chi connectivity index (χ1n) is 5.07. The van der Waals surface area contributed by atoms with Gasteiger partial charge in [0.2, 0.25) is 5.95 Å². The summed E-state index contributed by atoms with van der Waals surface area (Å²) in [4.78, 5) is 19.0. The summed E-state index contributed by atoms with van der Waals surface area (Å²) < 4.78 is 5.00. The molecule has 0 atom stereocenters. The zero-order valence-electron chi connectivity index (χ0n) is 10.0. The Balaban J connectivity index is 2.42. The van der Waals surface area contributed by atoms with Gasteiger partial charge in [0.25, 0.3) is 0 Å². The van der Waals surface area contributed by atoms with Crippen molar-refractivity contribution in [3.63, 3.8) is 0 Å². The highest BCUT2D eigenvalue weighted by molar-refractivity contribution is 5.69.